The number of aromatic nitrogens is 1. The number of aliphatic carboxylic acids is 1. The van der Waals surface area contributed by atoms with Gasteiger partial charge in [0.15, 0.2) is 0 Å². The van der Waals surface area contributed by atoms with Gasteiger partial charge in [-0.1, -0.05) is 13.8 Å². The molecular weight excluding hydrogens is 264 g/mol. The van der Waals surface area contributed by atoms with Gasteiger partial charge in [0, 0.05) is 6.54 Å². The Morgan fingerprint density at radius 1 is 1.32 bits per heavy atom. The summed E-state index contributed by atoms with van der Waals surface area (Å²) in [6.07, 6.45) is 2.57. The maximum absolute atomic E-state index is 12.3. The van der Waals surface area contributed by atoms with Gasteiger partial charge in [-0.05, 0) is 26.2 Å². The molecule has 0 saturated heterocycles. The standard InChI is InChI=1S/C13H20N2O3S/c1-4-6-10-14-9(3)12(19-10)13(18)15(7-5-2)8-11(16)17/h4-8H2,1-3H3,(H,16,17). The average molecular weight is 284 g/mol. The van der Waals surface area contributed by atoms with E-state index in [-0.39, 0.29) is 12.5 Å². The quantitative estimate of drug-likeness (QED) is 0.834. The first kappa shape index (κ1) is 15.6. The van der Waals surface area contributed by atoms with Gasteiger partial charge in [0.05, 0.1) is 10.7 Å². The summed E-state index contributed by atoms with van der Waals surface area (Å²) in [5.41, 5.74) is 0.699. The summed E-state index contributed by atoms with van der Waals surface area (Å²) in [5.74, 6) is -1.21. The van der Waals surface area contributed by atoms with E-state index in [4.69, 9.17) is 5.11 Å². The molecule has 0 aliphatic rings. The molecule has 19 heavy (non-hydrogen) atoms. The highest BCUT2D eigenvalue weighted by Crippen LogP contribution is 2.21. The van der Waals surface area contributed by atoms with Crippen molar-refractivity contribution in [2.75, 3.05) is 13.1 Å². The van der Waals surface area contributed by atoms with Crippen molar-refractivity contribution in [1.29, 1.82) is 0 Å². The van der Waals surface area contributed by atoms with Crippen LogP contribution in [-0.4, -0.2) is 40.0 Å². The minimum atomic E-state index is -0.988. The monoisotopic (exact) mass is 284 g/mol. The highest BCUT2D eigenvalue weighted by atomic mass is 32.1. The molecule has 0 saturated carbocycles. The first-order valence-electron chi connectivity index (χ1n) is 6.46. The van der Waals surface area contributed by atoms with Crippen molar-refractivity contribution < 1.29 is 14.7 Å². The molecular formula is C13H20N2O3S. The minimum absolute atomic E-state index is 0.221. The molecule has 1 rings (SSSR count). The Hall–Kier alpha value is -1.43. The zero-order valence-electron chi connectivity index (χ0n) is 11.6. The van der Waals surface area contributed by atoms with Crippen LogP contribution in [0.4, 0.5) is 0 Å². The van der Waals surface area contributed by atoms with Gasteiger partial charge in [-0.3, -0.25) is 9.59 Å². The van der Waals surface area contributed by atoms with Crippen molar-refractivity contribution in [3.63, 3.8) is 0 Å². The zero-order chi connectivity index (χ0) is 14.4. The number of amides is 1. The fourth-order valence-electron chi connectivity index (χ4n) is 1.80. The van der Waals surface area contributed by atoms with E-state index in [1.54, 1.807) is 6.92 Å². The number of nitrogens with zero attached hydrogens (tertiary/aromatic N) is 2. The van der Waals surface area contributed by atoms with Crippen LogP contribution in [0.25, 0.3) is 0 Å². The maximum Gasteiger partial charge on any atom is 0.323 e. The largest absolute Gasteiger partial charge is 0.480 e. The van der Waals surface area contributed by atoms with Crippen molar-refractivity contribution in [2.24, 2.45) is 0 Å². The Labute approximate surface area is 117 Å². The van der Waals surface area contributed by atoms with E-state index in [1.807, 2.05) is 6.92 Å². The van der Waals surface area contributed by atoms with Crippen molar-refractivity contribution in [1.82, 2.24) is 9.88 Å². The SMILES string of the molecule is CCCc1nc(C)c(C(=O)N(CCC)CC(=O)O)s1. The number of hydrogen-bond acceptors (Lipinski definition) is 4. The van der Waals surface area contributed by atoms with Crippen LogP contribution in [0.15, 0.2) is 0 Å². The molecule has 0 atom stereocenters. The normalized spacial score (nSPS) is 10.5. The molecule has 1 aromatic rings. The summed E-state index contributed by atoms with van der Waals surface area (Å²) in [5, 5.41) is 9.80. The Morgan fingerprint density at radius 3 is 2.53 bits per heavy atom. The zero-order valence-corrected chi connectivity index (χ0v) is 12.4. The molecule has 0 bridgehead atoms. The summed E-state index contributed by atoms with van der Waals surface area (Å²) >= 11 is 1.38. The summed E-state index contributed by atoms with van der Waals surface area (Å²) in [6, 6.07) is 0. The fourth-order valence-corrected chi connectivity index (χ4v) is 2.93. The van der Waals surface area contributed by atoms with Crippen molar-refractivity contribution in [2.45, 2.75) is 40.0 Å². The average Bonchev–Trinajstić information content (AvgIpc) is 2.69. The van der Waals surface area contributed by atoms with Gasteiger partial charge in [-0.15, -0.1) is 11.3 Å². The van der Waals surface area contributed by atoms with Gasteiger partial charge >= 0.3 is 5.97 Å². The van der Waals surface area contributed by atoms with Gasteiger partial charge in [0.2, 0.25) is 0 Å². The predicted octanol–water partition coefficient (Wildman–Crippen LogP) is 2.34. The van der Waals surface area contributed by atoms with E-state index in [9.17, 15) is 9.59 Å². The third-order valence-corrected chi connectivity index (χ3v) is 3.81. The van der Waals surface area contributed by atoms with Gasteiger partial charge in [-0.25, -0.2) is 4.98 Å². The van der Waals surface area contributed by atoms with Gasteiger partial charge in [0.1, 0.15) is 11.4 Å². The van der Waals surface area contributed by atoms with E-state index in [1.165, 1.54) is 16.2 Å². The summed E-state index contributed by atoms with van der Waals surface area (Å²) < 4.78 is 0. The molecule has 0 fully saturated rings. The Balaban J connectivity index is 2.91. The lowest BCUT2D eigenvalue weighted by Crippen LogP contribution is -2.36. The van der Waals surface area contributed by atoms with E-state index in [2.05, 4.69) is 11.9 Å². The summed E-state index contributed by atoms with van der Waals surface area (Å²) in [6.45, 7) is 5.97. The van der Waals surface area contributed by atoms with Crippen molar-refractivity contribution in [3.8, 4) is 0 Å². The second-order valence-corrected chi connectivity index (χ2v) is 5.48. The number of hydrogen-bond donors (Lipinski definition) is 1. The molecule has 106 valence electrons. The topological polar surface area (TPSA) is 70.5 Å². The molecule has 0 aliphatic heterocycles. The summed E-state index contributed by atoms with van der Waals surface area (Å²) in [7, 11) is 0. The number of carbonyl (C=O) groups excluding carboxylic acids is 1. The third kappa shape index (κ3) is 4.31. The van der Waals surface area contributed by atoms with Crippen LogP contribution in [0.3, 0.4) is 0 Å². The highest BCUT2D eigenvalue weighted by Gasteiger charge is 2.22. The van der Waals surface area contributed by atoms with Gasteiger partial charge in [0.25, 0.3) is 5.91 Å². The van der Waals surface area contributed by atoms with Gasteiger partial charge < -0.3 is 10.0 Å². The number of carboxylic acid groups (broad SMARTS) is 1. The van der Waals surface area contributed by atoms with Crippen LogP contribution >= 0.6 is 11.3 Å². The molecule has 5 nitrogen and oxygen atoms in total. The maximum atomic E-state index is 12.3. The smallest absolute Gasteiger partial charge is 0.323 e. The first-order valence-corrected chi connectivity index (χ1v) is 7.28. The Morgan fingerprint density at radius 2 is 2.00 bits per heavy atom. The number of rotatable bonds is 7. The van der Waals surface area contributed by atoms with Crippen molar-refractivity contribution in [3.05, 3.63) is 15.6 Å². The second kappa shape index (κ2) is 7.23. The second-order valence-electron chi connectivity index (χ2n) is 4.39. The highest BCUT2D eigenvalue weighted by molar-refractivity contribution is 7.13. The molecule has 0 aliphatic carbocycles. The third-order valence-electron chi connectivity index (χ3n) is 2.61. The number of carboxylic acids is 1. The molecule has 0 spiro atoms. The lowest BCUT2D eigenvalue weighted by Gasteiger charge is -2.19. The molecule has 0 unspecified atom stereocenters. The van der Waals surface area contributed by atoms with Gasteiger partial charge in [-0.2, -0.15) is 0 Å². The minimum Gasteiger partial charge on any atom is -0.480 e. The lowest BCUT2D eigenvalue weighted by atomic mass is 10.3. The molecule has 1 aromatic heterocycles. The number of thiazole rings is 1. The van der Waals surface area contributed by atoms with Crippen LogP contribution in [0, 0.1) is 6.92 Å². The van der Waals surface area contributed by atoms with Crippen LogP contribution in [0.5, 0.6) is 0 Å². The Bertz CT molecular complexity index is 457. The summed E-state index contributed by atoms with van der Waals surface area (Å²) in [4.78, 5) is 29.5. The fraction of sp³-hybridized carbons (Fsp3) is 0.615. The lowest BCUT2D eigenvalue weighted by molar-refractivity contribution is -0.137. The predicted molar refractivity (Wildman–Crippen MR) is 74.7 cm³/mol. The molecule has 0 radical (unpaired) electrons. The van der Waals surface area contributed by atoms with Crippen LogP contribution in [-0.2, 0) is 11.2 Å². The van der Waals surface area contributed by atoms with E-state index in [0.29, 0.717) is 17.1 Å². The molecule has 6 heteroatoms. The van der Waals surface area contributed by atoms with Crippen LogP contribution < -0.4 is 0 Å². The van der Waals surface area contributed by atoms with E-state index in [0.717, 1.165) is 24.3 Å². The van der Waals surface area contributed by atoms with Crippen LogP contribution in [0.1, 0.15) is 47.1 Å². The molecule has 0 aromatic carbocycles. The molecule has 1 N–H and O–H groups in total. The number of aryl methyl sites for hydroxylation is 2. The van der Waals surface area contributed by atoms with E-state index < -0.39 is 5.97 Å². The van der Waals surface area contributed by atoms with Crippen LogP contribution in [0.2, 0.25) is 0 Å². The van der Waals surface area contributed by atoms with Crippen molar-refractivity contribution >= 4 is 23.2 Å². The Kier molecular flexibility index (Phi) is 5.95. The first-order chi connectivity index (χ1) is 8.99. The molecule has 1 amide bonds. The number of carbonyl (C=O) groups is 2. The van der Waals surface area contributed by atoms with E-state index >= 15 is 0 Å². The molecule has 1 heterocycles.